The molecule has 0 amide bonds. The third kappa shape index (κ3) is 4.76. The van der Waals surface area contributed by atoms with Crippen LogP contribution < -0.4 is 10.5 Å². The Morgan fingerprint density at radius 3 is 2.67 bits per heavy atom. The molecule has 0 saturated heterocycles. The highest BCUT2D eigenvalue weighted by Gasteiger charge is 2.28. The van der Waals surface area contributed by atoms with Gasteiger partial charge in [0.15, 0.2) is 0 Å². The first-order chi connectivity index (χ1) is 8.26. The zero-order chi connectivity index (χ0) is 13.8. The van der Waals surface area contributed by atoms with Crippen molar-refractivity contribution >= 4 is 33.1 Å². The second-order valence-electron chi connectivity index (χ2n) is 3.10. The summed E-state index contributed by atoms with van der Waals surface area (Å²) >= 11 is 0.923. The highest BCUT2D eigenvalue weighted by atomic mass is 32.2. The second kappa shape index (κ2) is 6.24. The Kier molecular flexibility index (Phi) is 5.46. The summed E-state index contributed by atoms with van der Waals surface area (Å²) < 4.78 is 61.1. The number of rotatable bonds is 6. The topological polar surface area (TPSA) is 72.2 Å². The molecule has 3 N–H and O–H groups in total. The molecule has 0 radical (unpaired) electrons. The van der Waals surface area contributed by atoms with Crippen LogP contribution in [0.25, 0.3) is 0 Å². The number of alkyl halides is 3. The van der Waals surface area contributed by atoms with Crippen LogP contribution in [0, 0.1) is 0 Å². The Hall–Kier alpha value is -0.290. The molecule has 0 aliphatic heterocycles. The Morgan fingerprint density at radius 1 is 1.44 bits per heavy atom. The molecule has 0 spiro atoms. The first-order valence-electron chi connectivity index (χ1n) is 4.73. The number of nitrogens with two attached hydrogens (primary N) is 1. The van der Waals surface area contributed by atoms with Crippen LogP contribution in [0.5, 0.6) is 0 Å². The molecule has 0 aliphatic carbocycles. The van der Waals surface area contributed by atoms with Crippen LogP contribution in [0.2, 0.25) is 0 Å². The number of hydrogen-bond donors (Lipinski definition) is 2. The summed E-state index contributed by atoms with van der Waals surface area (Å²) in [6, 6.07) is 1.38. The van der Waals surface area contributed by atoms with Crippen molar-refractivity contribution in [2.45, 2.75) is 16.9 Å². The Morgan fingerprint density at radius 2 is 2.11 bits per heavy atom. The lowest BCUT2D eigenvalue weighted by Crippen LogP contribution is -2.27. The van der Waals surface area contributed by atoms with Crippen LogP contribution >= 0.6 is 23.1 Å². The van der Waals surface area contributed by atoms with Gasteiger partial charge in [-0.05, 0) is 23.2 Å². The number of thiophene rings is 1. The second-order valence-corrected chi connectivity index (χ2v) is 7.00. The fraction of sp³-hybridized carbons (Fsp3) is 0.500. The van der Waals surface area contributed by atoms with Crippen LogP contribution in [0.3, 0.4) is 0 Å². The lowest BCUT2D eigenvalue weighted by Gasteiger charge is -2.08. The monoisotopic (exact) mass is 320 g/mol. The predicted octanol–water partition coefficient (Wildman–Crippen LogP) is 1.74. The molecule has 18 heavy (non-hydrogen) atoms. The molecule has 0 fully saturated rings. The van der Waals surface area contributed by atoms with E-state index in [1.54, 1.807) is 5.38 Å². The van der Waals surface area contributed by atoms with Crippen molar-refractivity contribution in [1.29, 1.82) is 0 Å². The molecule has 0 unspecified atom stereocenters. The molecular formula is C8H11F3N2O2S3. The van der Waals surface area contributed by atoms with Crippen LogP contribution in [0.15, 0.2) is 16.3 Å². The highest BCUT2D eigenvalue weighted by Crippen LogP contribution is 2.29. The molecule has 0 aliphatic rings. The number of thioether (sulfide) groups is 1. The lowest BCUT2D eigenvalue weighted by molar-refractivity contribution is -0.0327. The van der Waals surface area contributed by atoms with Crippen molar-refractivity contribution in [2.75, 3.05) is 12.3 Å². The number of hydrogen-bond acceptors (Lipinski definition) is 5. The minimum atomic E-state index is -4.35. The minimum absolute atomic E-state index is 0.0343. The fourth-order valence-corrected chi connectivity index (χ4v) is 4.07. The van der Waals surface area contributed by atoms with Crippen molar-refractivity contribution in [1.82, 2.24) is 4.72 Å². The third-order valence-electron chi connectivity index (χ3n) is 1.84. The number of nitrogens with one attached hydrogen (secondary N) is 1. The first-order valence-corrected chi connectivity index (χ1v) is 8.08. The van der Waals surface area contributed by atoms with Crippen LogP contribution in [-0.4, -0.2) is 26.2 Å². The van der Waals surface area contributed by atoms with E-state index in [4.69, 9.17) is 5.73 Å². The van der Waals surface area contributed by atoms with Gasteiger partial charge in [0, 0.05) is 23.7 Å². The Balaban J connectivity index is 2.56. The summed E-state index contributed by atoms with van der Waals surface area (Å²) in [6.07, 6.45) is 0. The van der Waals surface area contributed by atoms with Gasteiger partial charge < -0.3 is 5.73 Å². The maximum Gasteiger partial charge on any atom is 0.441 e. The van der Waals surface area contributed by atoms with Gasteiger partial charge in [0.2, 0.25) is 10.0 Å². The average molecular weight is 320 g/mol. The average Bonchev–Trinajstić information content (AvgIpc) is 2.72. The van der Waals surface area contributed by atoms with Crippen molar-refractivity contribution in [3.05, 3.63) is 16.3 Å². The van der Waals surface area contributed by atoms with Crippen molar-refractivity contribution < 1.29 is 21.6 Å². The van der Waals surface area contributed by atoms with Crippen LogP contribution in [0.4, 0.5) is 13.2 Å². The van der Waals surface area contributed by atoms with E-state index in [2.05, 4.69) is 4.72 Å². The quantitative estimate of drug-likeness (QED) is 0.783. The van der Waals surface area contributed by atoms with Gasteiger partial charge in [0.05, 0.1) is 4.90 Å². The maximum absolute atomic E-state index is 11.8. The molecule has 1 aromatic rings. The predicted molar refractivity (Wildman–Crippen MR) is 65.9 cm³/mol. The van der Waals surface area contributed by atoms with Gasteiger partial charge in [-0.2, -0.15) is 13.2 Å². The molecule has 0 atom stereocenters. The van der Waals surface area contributed by atoms with Gasteiger partial charge in [0.1, 0.15) is 0 Å². The molecule has 1 aromatic heterocycles. The molecule has 4 nitrogen and oxygen atoms in total. The van der Waals surface area contributed by atoms with E-state index in [0.29, 0.717) is 4.88 Å². The molecule has 0 bridgehead atoms. The van der Waals surface area contributed by atoms with Gasteiger partial charge in [-0.15, -0.1) is 11.3 Å². The maximum atomic E-state index is 11.8. The van der Waals surface area contributed by atoms with Gasteiger partial charge in [-0.25, -0.2) is 13.1 Å². The summed E-state index contributed by atoms with van der Waals surface area (Å²) in [5.41, 5.74) is 1.02. The van der Waals surface area contributed by atoms with Gasteiger partial charge in [-0.1, -0.05) is 0 Å². The SMILES string of the molecule is NCc1sccc1S(=O)(=O)NCCSC(F)(F)F. The van der Waals surface area contributed by atoms with Gasteiger partial charge in [-0.3, -0.25) is 0 Å². The summed E-state index contributed by atoms with van der Waals surface area (Å²) in [7, 11) is -3.78. The molecular weight excluding hydrogens is 309 g/mol. The van der Waals surface area contributed by atoms with Crippen molar-refractivity contribution in [3.63, 3.8) is 0 Å². The summed E-state index contributed by atoms with van der Waals surface area (Å²) in [5.74, 6) is -0.370. The number of halogens is 3. The van der Waals surface area contributed by atoms with E-state index in [1.165, 1.54) is 17.4 Å². The van der Waals surface area contributed by atoms with Crippen LogP contribution in [-0.2, 0) is 16.6 Å². The third-order valence-corrected chi connectivity index (χ3v) is 5.19. The minimum Gasteiger partial charge on any atom is -0.326 e. The normalized spacial score (nSPS) is 12.9. The van der Waals surface area contributed by atoms with Crippen LogP contribution in [0.1, 0.15) is 4.88 Å². The largest absolute Gasteiger partial charge is 0.441 e. The smallest absolute Gasteiger partial charge is 0.326 e. The van der Waals surface area contributed by atoms with E-state index in [0.717, 1.165) is 0 Å². The van der Waals surface area contributed by atoms with E-state index in [9.17, 15) is 21.6 Å². The lowest BCUT2D eigenvalue weighted by atomic mass is 10.5. The van der Waals surface area contributed by atoms with E-state index in [-0.39, 0.29) is 35.5 Å². The fourth-order valence-electron chi connectivity index (χ4n) is 1.14. The van der Waals surface area contributed by atoms with E-state index in [1.807, 2.05) is 0 Å². The molecule has 10 heteroatoms. The van der Waals surface area contributed by atoms with Crippen molar-refractivity contribution in [3.8, 4) is 0 Å². The van der Waals surface area contributed by atoms with Gasteiger partial charge >= 0.3 is 5.51 Å². The highest BCUT2D eigenvalue weighted by molar-refractivity contribution is 8.00. The van der Waals surface area contributed by atoms with E-state index >= 15 is 0 Å². The number of sulfonamides is 1. The summed E-state index contributed by atoms with van der Waals surface area (Å²) in [4.78, 5) is 0.512. The Bertz CT molecular complexity index is 484. The molecule has 104 valence electrons. The molecule has 0 saturated carbocycles. The summed E-state index contributed by atoms with van der Waals surface area (Å²) in [5, 5.41) is 1.57. The van der Waals surface area contributed by atoms with Crippen molar-refractivity contribution in [2.24, 2.45) is 5.73 Å². The standard InChI is InChI=1S/C8H11F3N2O2S3/c9-8(10,11)17-4-2-13-18(14,15)7-1-3-16-6(7)5-12/h1,3,13H,2,4-5,12H2. The summed E-state index contributed by atoms with van der Waals surface area (Å²) in [6.45, 7) is -0.211. The zero-order valence-corrected chi connectivity index (χ0v) is 11.5. The molecule has 1 heterocycles. The molecule has 1 rings (SSSR count). The van der Waals surface area contributed by atoms with Gasteiger partial charge in [0.25, 0.3) is 0 Å². The van der Waals surface area contributed by atoms with E-state index < -0.39 is 15.5 Å². The first kappa shape index (κ1) is 15.8. The molecule has 0 aromatic carbocycles. The zero-order valence-electron chi connectivity index (χ0n) is 9.03. The Labute approximate surface area is 111 Å².